The van der Waals surface area contributed by atoms with Crippen LogP contribution in [-0.4, -0.2) is 39.5 Å². The largest absolute Gasteiger partial charge is 0.492 e. The molecule has 2 amide bonds. The van der Waals surface area contributed by atoms with Crippen molar-refractivity contribution in [3.63, 3.8) is 0 Å². The third kappa shape index (κ3) is 6.82. The van der Waals surface area contributed by atoms with Gasteiger partial charge in [-0.2, -0.15) is 0 Å². The van der Waals surface area contributed by atoms with Crippen LogP contribution in [0.1, 0.15) is 5.56 Å². The summed E-state index contributed by atoms with van der Waals surface area (Å²) in [4.78, 5) is 12.1. The maximum atomic E-state index is 12.1. The van der Waals surface area contributed by atoms with Crippen molar-refractivity contribution in [3.8, 4) is 11.5 Å². The molecule has 0 atom stereocenters. The molecule has 2 aromatic rings. The molecule has 0 unspecified atom stereocenters. The Balaban J connectivity index is 1.78. The van der Waals surface area contributed by atoms with Gasteiger partial charge < -0.3 is 24.8 Å². The topological polar surface area (TPSA) is 68.8 Å². The number of anilines is 1. The summed E-state index contributed by atoms with van der Waals surface area (Å²) in [7, 11) is 1.61. The zero-order valence-electron chi connectivity index (χ0n) is 14.9. The van der Waals surface area contributed by atoms with Crippen molar-refractivity contribution in [2.45, 2.75) is 6.92 Å². The average molecular weight is 379 g/mol. The highest BCUT2D eigenvalue weighted by molar-refractivity contribution is 6.30. The van der Waals surface area contributed by atoms with E-state index < -0.39 is 0 Å². The van der Waals surface area contributed by atoms with Gasteiger partial charge in [0.05, 0.1) is 18.8 Å². The predicted octanol–water partition coefficient (Wildman–Crippen LogP) is 3.87. The second-order valence-electron chi connectivity index (χ2n) is 5.52. The average Bonchev–Trinajstić information content (AvgIpc) is 2.63. The number of rotatable bonds is 9. The first-order chi connectivity index (χ1) is 12.6. The van der Waals surface area contributed by atoms with Crippen molar-refractivity contribution in [1.29, 1.82) is 0 Å². The number of carbonyl (C=O) groups is 1. The Bertz CT molecular complexity index is 707. The van der Waals surface area contributed by atoms with Gasteiger partial charge in [0.15, 0.2) is 0 Å². The summed E-state index contributed by atoms with van der Waals surface area (Å²) in [5, 5.41) is 6.17. The molecule has 2 N–H and O–H groups in total. The Morgan fingerprint density at radius 3 is 2.54 bits per heavy atom. The lowest BCUT2D eigenvalue weighted by Crippen LogP contribution is -2.32. The minimum atomic E-state index is -0.329. The number of ether oxygens (including phenoxy) is 3. The fourth-order valence-electron chi connectivity index (χ4n) is 2.12. The monoisotopic (exact) mass is 378 g/mol. The van der Waals surface area contributed by atoms with Crippen molar-refractivity contribution >= 4 is 23.3 Å². The molecule has 0 saturated heterocycles. The molecule has 7 heteroatoms. The standard InChI is InChI=1S/C19H23ClN2O4/c1-14-3-8-17(18(13-14)26-12-11-24-2)22-19(23)21-9-10-25-16-6-4-15(20)5-7-16/h3-8,13H,9-12H2,1-2H3,(H2,21,22,23). The first-order valence-corrected chi connectivity index (χ1v) is 8.62. The lowest BCUT2D eigenvalue weighted by atomic mass is 10.2. The Labute approximate surface area is 158 Å². The van der Waals surface area contributed by atoms with Gasteiger partial charge in [0.25, 0.3) is 0 Å². The van der Waals surface area contributed by atoms with E-state index in [0.29, 0.717) is 48.6 Å². The molecule has 0 aromatic heterocycles. The summed E-state index contributed by atoms with van der Waals surface area (Å²) in [5.41, 5.74) is 1.64. The van der Waals surface area contributed by atoms with E-state index in [0.717, 1.165) is 5.56 Å². The third-order valence-corrected chi connectivity index (χ3v) is 3.65. The molecule has 26 heavy (non-hydrogen) atoms. The van der Waals surface area contributed by atoms with Gasteiger partial charge in [0.2, 0.25) is 0 Å². The van der Waals surface area contributed by atoms with Gasteiger partial charge in [-0.15, -0.1) is 0 Å². The van der Waals surface area contributed by atoms with Crippen LogP contribution in [0.5, 0.6) is 11.5 Å². The van der Waals surface area contributed by atoms with E-state index in [1.165, 1.54) is 0 Å². The van der Waals surface area contributed by atoms with Gasteiger partial charge in [0.1, 0.15) is 24.7 Å². The SMILES string of the molecule is COCCOc1cc(C)ccc1NC(=O)NCCOc1ccc(Cl)cc1. The van der Waals surface area contributed by atoms with Gasteiger partial charge in [-0.3, -0.25) is 0 Å². The Morgan fingerprint density at radius 1 is 1.04 bits per heavy atom. The molecular weight excluding hydrogens is 356 g/mol. The van der Waals surface area contributed by atoms with Gasteiger partial charge in [-0.25, -0.2) is 4.79 Å². The van der Waals surface area contributed by atoms with Crippen LogP contribution in [-0.2, 0) is 4.74 Å². The molecule has 0 bridgehead atoms. The van der Waals surface area contributed by atoms with E-state index in [-0.39, 0.29) is 6.03 Å². The summed E-state index contributed by atoms with van der Waals surface area (Å²) < 4.78 is 16.2. The summed E-state index contributed by atoms with van der Waals surface area (Å²) in [5.74, 6) is 1.30. The normalized spacial score (nSPS) is 10.3. The summed E-state index contributed by atoms with van der Waals surface area (Å²) in [6.07, 6.45) is 0. The minimum absolute atomic E-state index is 0.329. The third-order valence-electron chi connectivity index (χ3n) is 3.40. The van der Waals surface area contributed by atoms with E-state index in [1.54, 1.807) is 37.4 Å². The van der Waals surface area contributed by atoms with Crippen LogP contribution in [0.15, 0.2) is 42.5 Å². The fourth-order valence-corrected chi connectivity index (χ4v) is 2.24. The van der Waals surface area contributed by atoms with Gasteiger partial charge >= 0.3 is 6.03 Å². The van der Waals surface area contributed by atoms with E-state index >= 15 is 0 Å². The molecule has 0 spiro atoms. The molecule has 140 valence electrons. The molecule has 2 rings (SSSR count). The molecule has 2 aromatic carbocycles. The number of nitrogens with one attached hydrogen (secondary N) is 2. The summed E-state index contributed by atoms with van der Waals surface area (Å²) in [6.45, 7) is 3.55. The van der Waals surface area contributed by atoms with Gasteiger partial charge in [-0.1, -0.05) is 17.7 Å². The molecule has 0 saturated carbocycles. The van der Waals surface area contributed by atoms with Crippen LogP contribution in [0, 0.1) is 6.92 Å². The maximum Gasteiger partial charge on any atom is 0.319 e. The van der Waals surface area contributed by atoms with Crippen molar-refractivity contribution < 1.29 is 19.0 Å². The quantitative estimate of drug-likeness (QED) is 0.650. The lowest BCUT2D eigenvalue weighted by molar-refractivity contribution is 0.146. The molecule has 0 aliphatic rings. The predicted molar refractivity (Wildman–Crippen MR) is 103 cm³/mol. The van der Waals surface area contributed by atoms with Crippen LogP contribution in [0.25, 0.3) is 0 Å². The fraction of sp³-hybridized carbons (Fsp3) is 0.316. The highest BCUT2D eigenvalue weighted by Gasteiger charge is 2.08. The van der Waals surface area contributed by atoms with E-state index in [1.807, 2.05) is 19.1 Å². The van der Waals surface area contributed by atoms with Crippen LogP contribution < -0.4 is 20.1 Å². The molecular formula is C19H23ClN2O4. The first kappa shape index (κ1) is 19.9. The summed E-state index contributed by atoms with van der Waals surface area (Å²) >= 11 is 5.82. The Hall–Kier alpha value is -2.44. The lowest BCUT2D eigenvalue weighted by Gasteiger charge is -2.14. The number of carbonyl (C=O) groups excluding carboxylic acids is 1. The molecule has 6 nitrogen and oxygen atoms in total. The van der Waals surface area contributed by atoms with Crippen molar-refractivity contribution in [2.24, 2.45) is 0 Å². The van der Waals surface area contributed by atoms with Gasteiger partial charge in [-0.05, 0) is 48.9 Å². The van der Waals surface area contributed by atoms with Crippen molar-refractivity contribution in [1.82, 2.24) is 5.32 Å². The highest BCUT2D eigenvalue weighted by Crippen LogP contribution is 2.25. The van der Waals surface area contributed by atoms with Crippen molar-refractivity contribution in [3.05, 3.63) is 53.1 Å². The summed E-state index contributed by atoms with van der Waals surface area (Å²) in [6, 6.07) is 12.3. The zero-order chi connectivity index (χ0) is 18.8. The molecule has 0 aliphatic heterocycles. The second kappa shape index (κ2) is 10.5. The van der Waals surface area contributed by atoms with Crippen molar-refractivity contribution in [2.75, 3.05) is 38.8 Å². The Morgan fingerprint density at radius 2 is 1.81 bits per heavy atom. The highest BCUT2D eigenvalue weighted by atomic mass is 35.5. The first-order valence-electron chi connectivity index (χ1n) is 8.24. The molecule has 0 radical (unpaired) electrons. The van der Waals surface area contributed by atoms with Gasteiger partial charge in [0, 0.05) is 12.1 Å². The number of amides is 2. The van der Waals surface area contributed by atoms with Crippen LogP contribution >= 0.6 is 11.6 Å². The maximum absolute atomic E-state index is 12.1. The van der Waals surface area contributed by atoms with E-state index in [4.69, 9.17) is 25.8 Å². The molecule has 0 aliphatic carbocycles. The molecule has 0 heterocycles. The van der Waals surface area contributed by atoms with E-state index in [2.05, 4.69) is 10.6 Å². The number of urea groups is 1. The number of methoxy groups -OCH3 is 1. The number of halogens is 1. The van der Waals surface area contributed by atoms with Crippen LogP contribution in [0.4, 0.5) is 10.5 Å². The minimum Gasteiger partial charge on any atom is -0.492 e. The number of hydrogen-bond acceptors (Lipinski definition) is 4. The molecule has 0 fully saturated rings. The number of aryl methyl sites for hydroxylation is 1. The van der Waals surface area contributed by atoms with Crippen LogP contribution in [0.2, 0.25) is 5.02 Å². The second-order valence-corrected chi connectivity index (χ2v) is 5.96. The number of hydrogen-bond donors (Lipinski definition) is 2. The zero-order valence-corrected chi connectivity index (χ0v) is 15.6. The van der Waals surface area contributed by atoms with Crippen LogP contribution in [0.3, 0.4) is 0 Å². The Kier molecular flexibility index (Phi) is 8.05. The smallest absolute Gasteiger partial charge is 0.319 e. The number of benzene rings is 2. The van der Waals surface area contributed by atoms with E-state index in [9.17, 15) is 4.79 Å².